The van der Waals surface area contributed by atoms with Gasteiger partial charge in [0.05, 0.1) is 18.2 Å². The molecule has 1 N–H and O–H groups in total. The molecule has 6 nitrogen and oxygen atoms in total. The van der Waals surface area contributed by atoms with E-state index in [0.717, 1.165) is 5.75 Å². The number of carbonyl (C=O) groups excluding carboxylic acids is 1. The average molecular weight is 309 g/mol. The van der Waals surface area contributed by atoms with E-state index in [2.05, 4.69) is 0 Å². The Hall–Kier alpha value is -0.760. The van der Waals surface area contributed by atoms with Gasteiger partial charge in [-0.25, -0.2) is 8.42 Å². The maximum Gasteiger partial charge on any atom is 0.305 e. The highest BCUT2D eigenvalue weighted by molar-refractivity contribution is 7.99. The van der Waals surface area contributed by atoms with Crippen molar-refractivity contribution in [3.8, 4) is 0 Å². The summed E-state index contributed by atoms with van der Waals surface area (Å²) in [6.45, 7) is 2.16. The molecule has 19 heavy (non-hydrogen) atoms. The van der Waals surface area contributed by atoms with Crippen molar-refractivity contribution >= 4 is 33.5 Å². The Balaban J connectivity index is 2.69. The molecule has 0 bridgehead atoms. The number of hydrogen-bond donors (Lipinski definition) is 1. The summed E-state index contributed by atoms with van der Waals surface area (Å²) in [4.78, 5) is 24.2. The van der Waals surface area contributed by atoms with Crippen LogP contribution < -0.4 is 0 Å². The zero-order valence-corrected chi connectivity index (χ0v) is 12.5. The first-order chi connectivity index (χ1) is 8.85. The molecule has 0 spiro atoms. The van der Waals surface area contributed by atoms with Crippen molar-refractivity contribution in [3.05, 3.63) is 0 Å². The topological polar surface area (TPSA) is 91.8 Å². The van der Waals surface area contributed by atoms with Crippen molar-refractivity contribution in [2.45, 2.75) is 25.8 Å². The third-order valence-corrected chi connectivity index (χ3v) is 5.63. The van der Waals surface area contributed by atoms with Crippen LogP contribution in [0.3, 0.4) is 0 Å². The minimum absolute atomic E-state index is 0.00900. The lowest BCUT2D eigenvalue weighted by molar-refractivity contribution is -0.139. The van der Waals surface area contributed by atoms with Gasteiger partial charge in [-0.1, -0.05) is 6.92 Å². The number of thioether (sulfide) groups is 1. The summed E-state index contributed by atoms with van der Waals surface area (Å²) >= 11 is 1.59. The van der Waals surface area contributed by atoms with E-state index in [1.165, 1.54) is 4.90 Å². The third-order valence-electron chi connectivity index (χ3n) is 2.82. The van der Waals surface area contributed by atoms with Gasteiger partial charge in [0.25, 0.3) is 0 Å². The predicted octanol–water partition coefficient (Wildman–Crippen LogP) is 0.230. The molecule has 1 amide bonds. The molecule has 0 saturated carbocycles. The van der Waals surface area contributed by atoms with Crippen LogP contribution in [0, 0.1) is 0 Å². The minimum Gasteiger partial charge on any atom is -0.481 e. The molecular formula is C11H19NO5S2. The minimum atomic E-state index is -3.38. The standard InChI is InChI=1S/C11H19NO5S2/c1-2-5-19(16,17)8-10(13)12-3-4-18-7-9(12)6-11(14)15/h9H,2-8H2,1H3,(H,14,15)/t9-/m0/s1. The number of carboxylic acid groups (broad SMARTS) is 1. The molecule has 8 heteroatoms. The Labute approximate surface area is 117 Å². The summed E-state index contributed by atoms with van der Waals surface area (Å²) in [7, 11) is -3.38. The predicted molar refractivity (Wildman–Crippen MR) is 74.0 cm³/mol. The van der Waals surface area contributed by atoms with Gasteiger partial charge in [-0.2, -0.15) is 11.8 Å². The molecule has 0 aromatic heterocycles. The van der Waals surface area contributed by atoms with E-state index >= 15 is 0 Å². The van der Waals surface area contributed by atoms with E-state index in [-0.39, 0.29) is 12.2 Å². The van der Waals surface area contributed by atoms with Crippen LogP contribution in [0.4, 0.5) is 0 Å². The molecule has 1 rings (SSSR count). The third kappa shape index (κ3) is 5.40. The van der Waals surface area contributed by atoms with Gasteiger partial charge >= 0.3 is 5.97 Å². The van der Waals surface area contributed by atoms with Crippen molar-refractivity contribution in [1.29, 1.82) is 0 Å². The molecule has 0 radical (unpaired) electrons. The number of sulfone groups is 1. The summed E-state index contributed by atoms with van der Waals surface area (Å²) in [6.07, 6.45) is 0.344. The number of amides is 1. The van der Waals surface area contributed by atoms with Gasteiger partial charge in [0.2, 0.25) is 5.91 Å². The molecular weight excluding hydrogens is 290 g/mol. The fourth-order valence-corrected chi connectivity index (χ4v) is 4.38. The Morgan fingerprint density at radius 2 is 2.11 bits per heavy atom. The number of rotatable bonds is 6. The molecule has 0 unspecified atom stereocenters. The number of carbonyl (C=O) groups is 2. The quantitative estimate of drug-likeness (QED) is 0.755. The maximum absolute atomic E-state index is 12.0. The first-order valence-electron chi connectivity index (χ1n) is 6.15. The van der Waals surface area contributed by atoms with Crippen molar-refractivity contribution in [3.63, 3.8) is 0 Å². The van der Waals surface area contributed by atoms with E-state index in [4.69, 9.17) is 5.11 Å². The van der Waals surface area contributed by atoms with Crippen LogP contribution in [-0.4, -0.2) is 65.9 Å². The molecule has 1 aliphatic rings. The molecule has 0 aliphatic carbocycles. The molecule has 1 aliphatic heterocycles. The molecule has 110 valence electrons. The lowest BCUT2D eigenvalue weighted by atomic mass is 10.2. The molecule has 1 fully saturated rings. The fraction of sp³-hybridized carbons (Fsp3) is 0.818. The Morgan fingerprint density at radius 3 is 2.68 bits per heavy atom. The zero-order valence-electron chi connectivity index (χ0n) is 10.9. The lowest BCUT2D eigenvalue weighted by Gasteiger charge is -2.34. The number of nitrogens with zero attached hydrogens (tertiary/aromatic N) is 1. The normalized spacial score (nSPS) is 20.3. The van der Waals surface area contributed by atoms with Gasteiger partial charge in [-0.15, -0.1) is 0 Å². The molecule has 0 aromatic carbocycles. The zero-order chi connectivity index (χ0) is 14.5. The first-order valence-corrected chi connectivity index (χ1v) is 9.12. The summed E-state index contributed by atoms with van der Waals surface area (Å²) in [5, 5.41) is 8.82. The number of aliphatic carboxylic acids is 1. The summed E-state index contributed by atoms with van der Waals surface area (Å²) < 4.78 is 23.3. The largest absolute Gasteiger partial charge is 0.481 e. The highest BCUT2D eigenvalue weighted by atomic mass is 32.2. The van der Waals surface area contributed by atoms with Crippen LogP contribution >= 0.6 is 11.8 Å². The summed E-state index contributed by atoms with van der Waals surface area (Å²) in [5.41, 5.74) is 0. The van der Waals surface area contributed by atoms with E-state index in [0.29, 0.717) is 18.7 Å². The SMILES string of the molecule is CCCS(=O)(=O)CC(=O)N1CCSC[C@@H]1CC(=O)O. The lowest BCUT2D eigenvalue weighted by Crippen LogP contribution is -2.49. The molecule has 1 heterocycles. The van der Waals surface area contributed by atoms with Crippen LogP contribution in [0.5, 0.6) is 0 Å². The van der Waals surface area contributed by atoms with Crippen LogP contribution in [0.2, 0.25) is 0 Å². The Kier molecular flexibility index (Phi) is 6.12. The molecule has 1 atom stereocenters. The van der Waals surface area contributed by atoms with Gasteiger partial charge in [-0.05, 0) is 6.42 Å². The van der Waals surface area contributed by atoms with Crippen molar-refractivity contribution in [1.82, 2.24) is 4.90 Å². The second-order valence-corrected chi connectivity index (χ2v) is 7.84. The van der Waals surface area contributed by atoms with Crippen LogP contribution in [0.1, 0.15) is 19.8 Å². The van der Waals surface area contributed by atoms with Gasteiger partial charge in [0.15, 0.2) is 9.84 Å². The second-order valence-electron chi connectivity index (χ2n) is 4.51. The van der Waals surface area contributed by atoms with E-state index in [9.17, 15) is 18.0 Å². The Bertz CT molecular complexity index is 434. The highest BCUT2D eigenvalue weighted by Crippen LogP contribution is 2.19. The van der Waals surface area contributed by atoms with Crippen LogP contribution in [0.25, 0.3) is 0 Å². The molecule has 1 saturated heterocycles. The van der Waals surface area contributed by atoms with Crippen molar-refractivity contribution in [2.75, 3.05) is 29.6 Å². The summed E-state index contributed by atoms with van der Waals surface area (Å²) in [5.74, 6) is -0.699. The van der Waals surface area contributed by atoms with E-state index < -0.39 is 33.5 Å². The van der Waals surface area contributed by atoms with Gasteiger partial charge in [0.1, 0.15) is 5.75 Å². The second kappa shape index (κ2) is 7.14. The van der Waals surface area contributed by atoms with Gasteiger partial charge < -0.3 is 10.0 Å². The highest BCUT2D eigenvalue weighted by Gasteiger charge is 2.30. The van der Waals surface area contributed by atoms with Crippen LogP contribution in [-0.2, 0) is 19.4 Å². The smallest absolute Gasteiger partial charge is 0.305 e. The van der Waals surface area contributed by atoms with Crippen molar-refractivity contribution in [2.24, 2.45) is 0 Å². The van der Waals surface area contributed by atoms with E-state index in [1.807, 2.05) is 0 Å². The monoisotopic (exact) mass is 309 g/mol. The van der Waals surface area contributed by atoms with E-state index in [1.54, 1.807) is 18.7 Å². The van der Waals surface area contributed by atoms with Crippen molar-refractivity contribution < 1.29 is 23.1 Å². The summed E-state index contributed by atoms with van der Waals surface area (Å²) in [6, 6.07) is -0.402. The fourth-order valence-electron chi connectivity index (χ4n) is 2.01. The molecule has 0 aromatic rings. The Morgan fingerprint density at radius 1 is 1.42 bits per heavy atom. The maximum atomic E-state index is 12.0. The van der Waals surface area contributed by atoms with Gasteiger partial charge in [-0.3, -0.25) is 9.59 Å². The van der Waals surface area contributed by atoms with Crippen LogP contribution in [0.15, 0.2) is 0 Å². The first kappa shape index (κ1) is 16.3. The number of hydrogen-bond acceptors (Lipinski definition) is 5. The average Bonchev–Trinajstić information content (AvgIpc) is 2.27. The van der Waals surface area contributed by atoms with Gasteiger partial charge in [0, 0.05) is 18.1 Å². The number of carboxylic acids is 1.